The van der Waals surface area contributed by atoms with Crippen molar-refractivity contribution in [3.8, 4) is 0 Å². The van der Waals surface area contributed by atoms with E-state index in [1.54, 1.807) is 30.7 Å². The molecule has 0 aliphatic carbocycles. The highest BCUT2D eigenvalue weighted by molar-refractivity contribution is 5.74. The van der Waals surface area contributed by atoms with Gasteiger partial charge in [0.25, 0.3) is 6.29 Å². The van der Waals surface area contributed by atoms with Crippen molar-refractivity contribution >= 4 is 6.29 Å². The van der Waals surface area contributed by atoms with Gasteiger partial charge in [0.05, 0.1) is 5.70 Å². The molecule has 1 radical (unpaired) electrons. The second-order valence-corrected chi connectivity index (χ2v) is 1.57. The summed E-state index contributed by atoms with van der Waals surface area (Å²) in [5, 5.41) is 2.73. The Kier molecular flexibility index (Phi) is 1.85. The first-order valence-corrected chi connectivity index (χ1v) is 2.61. The van der Waals surface area contributed by atoms with Gasteiger partial charge in [0.15, 0.2) is 0 Å². The van der Waals surface area contributed by atoms with Crippen LogP contribution in [0.2, 0.25) is 0 Å². The third-order valence-electron chi connectivity index (χ3n) is 0.930. The average molecular weight is 120 g/mol. The summed E-state index contributed by atoms with van der Waals surface area (Å²) in [5.41, 5.74) is 0.458. The molecule has 1 heterocycles. The number of hydrogen-bond acceptors (Lipinski definition) is 2. The maximum absolute atomic E-state index is 9.99. The zero-order chi connectivity index (χ0) is 6.53. The summed E-state index contributed by atoms with van der Waals surface area (Å²) in [7, 11) is 0. The first kappa shape index (κ1) is 5.82. The van der Waals surface area contributed by atoms with E-state index in [-0.39, 0.29) is 0 Å². The Labute approximate surface area is 53.6 Å². The van der Waals surface area contributed by atoms with Gasteiger partial charge in [-0.1, -0.05) is 12.2 Å². The van der Waals surface area contributed by atoms with Crippen molar-refractivity contribution < 1.29 is 4.79 Å². The minimum absolute atomic E-state index is 0.458. The Hall–Kier alpha value is -1.31. The van der Waals surface area contributed by atoms with Crippen LogP contribution in [-0.2, 0) is 4.79 Å². The van der Waals surface area contributed by atoms with Gasteiger partial charge in [-0.3, -0.25) is 4.79 Å². The van der Waals surface area contributed by atoms with Crippen LogP contribution in [0.5, 0.6) is 0 Å². The van der Waals surface area contributed by atoms with E-state index in [2.05, 4.69) is 5.32 Å². The van der Waals surface area contributed by atoms with Crippen LogP contribution >= 0.6 is 0 Å². The van der Waals surface area contributed by atoms with E-state index in [4.69, 9.17) is 0 Å². The molecule has 45 valence electrons. The largest absolute Gasteiger partial charge is 0.358 e. The van der Waals surface area contributed by atoms with Gasteiger partial charge < -0.3 is 5.32 Å². The molecule has 0 aromatic rings. The molecule has 0 aromatic carbocycles. The lowest BCUT2D eigenvalue weighted by Crippen LogP contribution is -2.03. The highest BCUT2D eigenvalue weighted by atomic mass is 16.1. The van der Waals surface area contributed by atoms with E-state index >= 15 is 0 Å². The molecule has 0 aromatic heterocycles. The number of allylic oxidation sites excluding steroid dienone is 5. The van der Waals surface area contributed by atoms with Gasteiger partial charge in [-0.25, -0.2) is 0 Å². The van der Waals surface area contributed by atoms with E-state index in [9.17, 15) is 4.79 Å². The van der Waals surface area contributed by atoms with Crippen molar-refractivity contribution in [2.45, 2.75) is 0 Å². The lowest BCUT2D eigenvalue weighted by atomic mass is 10.4. The molecule has 1 aliphatic rings. The monoisotopic (exact) mass is 120 g/mol. The summed E-state index contributed by atoms with van der Waals surface area (Å²) in [6.07, 6.45) is 10.5. The summed E-state index contributed by atoms with van der Waals surface area (Å²) in [6.45, 7) is 0. The highest BCUT2D eigenvalue weighted by Crippen LogP contribution is 1.90. The summed E-state index contributed by atoms with van der Waals surface area (Å²) in [5.74, 6) is 0. The van der Waals surface area contributed by atoms with Crippen LogP contribution in [0, 0.1) is 0 Å². The van der Waals surface area contributed by atoms with E-state index in [0.717, 1.165) is 0 Å². The number of rotatable bonds is 1. The normalized spacial score (nSPS) is 15.8. The van der Waals surface area contributed by atoms with Gasteiger partial charge in [-0.15, -0.1) is 0 Å². The Balaban J connectivity index is 2.73. The molecular formula is C7H6NO. The number of carbonyl (C=O) groups excluding carboxylic acids is 1. The average Bonchev–Trinajstić information content (AvgIpc) is 2.13. The zero-order valence-electron chi connectivity index (χ0n) is 4.79. The highest BCUT2D eigenvalue weighted by Gasteiger charge is 1.89. The quantitative estimate of drug-likeness (QED) is 0.550. The van der Waals surface area contributed by atoms with Gasteiger partial charge in [0.2, 0.25) is 0 Å². The summed E-state index contributed by atoms with van der Waals surface area (Å²) >= 11 is 0. The Morgan fingerprint density at radius 1 is 1.33 bits per heavy atom. The van der Waals surface area contributed by atoms with Crippen LogP contribution in [0.4, 0.5) is 0 Å². The maximum atomic E-state index is 9.99. The molecule has 0 spiro atoms. The van der Waals surface area contributed by atoms with Gasteiger partial charge in [0.1, 0.15) is 0 Å². The van der Waals surface area contributed by atoms with Crippen LogP contribution in [0.1, 0.15) is 0 Å². The van der Waals surface area contributed by atoms with Crippen molar-refractivity contribution in [1.29, 1.82) is 0 Å². The first-order valence-electron chi connectivity index (χ1n) is 2.61. The number of hydrogen-bond donors (Lipinski definition) is 1. The van der Waals surface area contributed by atoms with Crippen molar-refractivity contribution in [3.05, 3.63) is 36.2 Å². The summed E-state index contributed by atoms with van der Waals surface area (Å²) < 4.78 is 0. The van der Waals surface area contributed by atoms with E-state index in [1.807, 2.05) is 6.08 Å². The molecule has 2 heteroatoms. The molecule has 1 N–H and O–H groups in total. The van der Waals surface area contributed by atoms with Crippen LogP contribution < -0.4 is 5.32 Å². The topological polar surface area (TPSA) is 29.1 Å². The molecule has 0 saturated carbocycles. The van der Waals surface area contributed by atoms with Crippen molar-refractivity contribution in [2.75, 3.05) is 0 Å². The van der Waals surface area contributed by atoms with Crippen LogP contribution in [0.25, 0.3) is 0 Å². The molecule has 0 saturated heterocycles. The zero-order valence-corrected chi connectivity index (χ0v) is 4.79. The second kappa shape index (κ2) is 2.87. The third-order valence-corrected chi connectivity index (χ3v) is 0.930. The predicted octanol–water partition coefficient (Wildman–Crippen LogP) is 0.653. The Morgan fingerprint density at radius 2 is 2.22 bits per heavy atom. The molecule has 1 aliphatic heterocycles. The van der Waals surface area contributed by atoms with E-state index < -0.39 is 0 Å². The number of nitrogens with one attached hydrogen (secondary N) is 1. The SMILES string of the molecule is O=[C]C1=CC=CC=CN1. The molecule has 0 atom stereocenters. The lowest BCUT2D eigenvalue weighted by Gasteiger charge is -1.90. The molecule has 0 amide bonds. The molecule has 0 bridgehead atoms. The molecule has 1 rings (SSSR count). The smallest absolute Gasteiger partial charge is 0.251 e. The minimum Gasteiger partial charge on any atom is -0.358 e. The standard InChI is InChI=1S/C7H6NO/c9-6-7-4-2-1-3-5-8-7/h1-5,8H. The fourth-order valence-electron chi connectivity index (χ4n) is 0.521. The third kappa shape index (κ3) is 1.57. The van der Waals surface area contributed by atoms with Gasteiger partial charge in [-0.2, -0.15) is 0 Å². The van der Waals surface area contributed by atoms with E-state index in [1.165, 1.54) is 0 Å². The van der Waals surface area contributed by atoms with Crippen LogP contribution in [0.3, 0.4) is 0 Å². The van der Waals surface area contributed by atoms with Crippen molar-refractivity contribution in [1.82, 2.24) is 5.32 Å². The van der Waals surface area contributed by atoms with Gasteiger partial charge in [-0.05, 0) is 12.2 Å². The fourth-order valence-corrected chi connectivity index (χ4v) is 0.521. The molecule has 2 nitrogen and oxygen atoms in total. The molecular weight excluding hydrogens is 114 g/mol. The predicted molar refractivity (Wildman–Crippen MR) is 35.2 cm³/mol. The molecule has 9 heavy (non-hydrogen) atoms. The Morgan fingerprint density at radius 3 is 3.00 bits per heavy atom. The lowest BCUT2D eigenvalue weighted by molar-refractivity contribution is 0.560. The van der Waals surface area contributed by atoms with E-state index in [0.29, 0.717) is 5.70 Å². The fraction of sp³-hybridized carbons (Fsp3) is 0. The van der Waals surface area contributed by atoms with Crippen LogP contribution in [0.15, 0.2) is 36.2 Å². The van der Waals surface area contributed by atoms with Gasteiger partial charge in [0, 0.05) is 6.20 Å². The maximum Gasteiger partial charge on any atom is 0.251 e. The minimum atomic E-state index is 0.458. The first-order chi connectivity index (χ1) is 4.43. The summed E-state index contributed by atoms with van der Waals surface area (Å²) in [4.78, 5) is 9.99. The second-order valence-electron chi connectivity index (χ2n) is 1.57. The van der Waals surface area contributed by atoms with Crippen molar-refractivity contribution in [3.63, 3.8) is 0 Å². The van der Waals surface area contributed by atoms with Crippen molar-refractivity contribution in [2.24, 2.45) is 0 Å². The van der Waals surface area contributed by atoms with Crippen LogP contribution in [-0.4, -0.2) is 6.29 Å². The van der Waals surface area contributed by atoms with Gasteiger partial charge >= 0.3 is 0 Å². The summed E-state index contributed by atoms with van der Waals surface area (Å²) in [6, 6.07) is 0. The molecule has 0 fully saturated rings. The molecule has 0 unspecified atom stereocenters. The Bertz CT molecular complexity index is 189.